The number of para-hydroxylation sites is 2. The molecule has 1 amide bonds. The maximum absolute atomic E-state index is 12.6. The van der Waals surface area contributed by atoms with Gasteiger partial charge >= 0.3 is 0 Å². The Bertz CT molecular complexity index is 1020. The Balaban J connectivity index is 1.68. The minimum atomic E-state index is -3.11. The van der Waals surface area contributed by atoms with E-state index in [1.807, 2.05) is 59.5 Å². The fraction of sp³-hybridized carbons (Fsp3) is 0.300. The molecule has 4 rings (SSSR count). The van der Waals surface area contributed by atoms with Crippen LogP contribution in [0.2, 0.25) is 0 Å². The second-order valence-electron chi connectivity index (χ2n) is 6.79. The predicted octanol–water partition coefficient (Wildman–Crippen LogP) is 2.54. The average Bonchev–Trinajstić information content (AvgIpc) is 3.13. The number of hydrogen-bond acceptors (Lipinski definition) is 5. The zero-order valence-electron chi connectivity index (χ0n) is 15.3. The number of rotatable bonds is 4. The molecular weight excluding hydrogens is 396 g/mol. The molecule has 0 radical (unpaired) electrons. The van der Waals surface area contributed by atoms with Crippen LogP contribution >= 0.6 is 11.8 Å². The van der Waals surface area contributed by atoms with E-state index in [1.54, 1.807) is 7.11 Å². The summed E-state index contributed by atoms with van der Waals surface area (Å²) in [6, 6.07) is 16.6. The van der Waals surface area contributed by atoms with Crippen molar-refractivity contribution in [2.45, 2.75) is 17.7 Å². The summed E-state index contributed by atoms with van der Waals surface area (Å²) in [6.45, 7) is 0. The molecule has 2 aromatic rings. The molecule has 0 aliphatic carbocycles. The minimum Gasteiger partial charge on any atom is -0.495 e. The number of thioether (sulfide) groups is 1. The Labute approximate surface area is 168 Å². The van der Waals surface area contributed by atoms with Crippen LogP contribution in [0.5, 0.6) is 5.75 Å². The number of anilines is 1. The summed E-state index contributed by atoms with van der Waals surface area (Å²) in [5.41, 5.74) is 1.62. The number of nitrogens with zero attached hydrogens (tertiary/aromatic N) is 2. The Morgan fingerprint density at radius 2 is 1.86 bits per heavy atom. The first-order chi connectivity index (χ1) is 13.5. The zero-order chi connectivity index (χ0) is 19.7. The number of sulfone groups is 1. The van der Waals surface area contributed by atoms with E-state index in [2.05, 4.69) is 4.99 Å². The maximum Gasteiger partial charge on any atom is 0.252 e. The lowest BCUT2D eigenvalue weighted by atomic mass is 10.1. The highest BCUT2D eigenvalue weighted by Crippen LogP contribution is 2.43. The molecule has 2 fully saturated rings. The topological polar surface area (TPSA) is 76.0 Å². The predicted molar refractivity (Wildman–Crippen MR) is 112 cm³/mol. The summed E-state index contributed by atoms with van der Waals surface area (Å²) in [7, 11) is -1.54. The van der Waals surface area contributed by atoms with Crippen LogP contribution in [0.15, 0.2) is 59.6 Å². The quantitative estimate of drug-likeness (QED) is 0.762. The molecule has 6 nitrogen and oxygen atoms in total. The number of carbonyl (C=O) groups excluding carboxylic acids is 1. The lowest BCUT2D eigenvalue weighted by Crippen LogP contribution is -2.38. The Morgan fingerprint density at radius 1 is 1.14 bits per heavy atom. The highest BCUT2D eigenvalue weighted by Gasteiger charge is 2.50. The third kappa shape index (κ3) is 3.79. The van der Waals surface area contributed by atoms with Gasteiger partial charge in [-0.2, -0.15) is 4.99 Å². The monoisotopic (exact) mass is 416 g/mol. The SMILES string of the molecule is COc1ccccc1N1C(=NC(=O)Cc2ccccc2)S[C@@H]2CS(=O)(=O)C[C@H]21. The number of ether oxygens (including phenoxy) is 1. The molecule has 0 unspecified atom stereocenters. The molecule has 0 saturated carbocycles. The van der Waals surface area contributed by atoms with Crippen LogP contribution in [-0.2, 0) is 21.1 Å². The van der Waals surface area contributed by atoms with Gasteiger partial charge in [-0.25, -0.2) is 8.42 Å². The van der Waals surface area contributed by atoms with Crippen molar-refractivity contribution in [1.29, 1.82) is 0 Å². The van der Waals surface area contributed by atoms with Gasteiger partial charge in [0.25, 0.3) is 5.91 Å². The maximum atomic E-state index is 12.6. The first-order valence-corrected chi connectivity index (χ1v) is 11.6. The lowest BCUT2D eigenvalue weighted by Gasteiger charge is -2.26. The molecule has 8 heteroatoms. The van der Waals surface area contributed by atoms with Crippen molar-refractivity contribution in [2.75, 3.05) is 23.5 Å². The Morgan fingerprint density at radius 3 is 2.61 bits per heavy atom. The average molecular weight is 417 g/mol. The van der Waals surface area contributed by atoms with Gasteiger partial charge in [-0.05, 0) is 17.7 Å². The standard InChI is InChI=1S/C20H20N2O4S2/c1-26-17-10-6-5-9-15(17)22-16-12-28(24,25)13-18(16)27-20(22)21-19(23)11-14-7-3-2-4-8-14/h2-10,16,18H,11-13H2,1H3/t16-,18-/m1/s1. The molecule has 2 aromatic carbocycles. The number of carbonyl (C=O) groups is 1. The summed E-state index contributed by atoms with van der Waals surface area (Å²) >= 11 is 1.36. The first-order valence-electron chi connectivity index (χ1n) is 8.91. The van der Waals surface area contributed by atoms with E-state index in [0.29, 0.717) is 10.9 Å². The molecule has 0 N–H and O–H groups in total. The van der Waals surface area contributed by atoms with Gasteiger partial charge in [-0.3, -0.25) is 4.79 Å². The van der Waals surface area contributed by atoms with Crippen LogP contribution < -0.4 is 9.64 Å². The smallest absolute Gasteiger partial charge is 0.252 e. The third-order valence-electron chi connectivity index (χ3n) is 4.83. The van der Waals surface area contributed by atoms with E-state index in [4.69, 9.17) is 4.74 Å². The van der Waals surface area contributed by atoms with Crippen LogP contribution in [0.25, 0.3) is 0 Å². The summed E-state index contributed by atoms with van der Waals surface area (Å²) in [4.78, 5) is 18.8. The molecular formula is C20H20N2O4S2. The number of fused-ring (bicyclic) bond motifs is 1. The molecule has 146 valence electrons. The van der Waals surface area contributed by atoms with Gasteiger partial charge in [0.2, 0.25) is 0 Å². The second kappa shape index (κ2) is 7.60. The van der Waals surface area contributed by atoms with Gasteiger partial charge in [0.1, 0.15) is 5.75 Å². The molecule has 0 aromatic heterocycles. The second-order valence-corrected chi connectivity index (χ2v) is 10.2. The molecule has 28 heavy (non-hydrogen) atoms. The molecule has 0 spiro atoms. The van der Waals surface area contributed by atoms with Crippen LogP contribution in [0, 0.1) is 0 Å². The van der Waals surface area contributed by atoms with Gasteiger partial charge in [0.05, 0.1) is 36.8 Å². The van der Waals surface area contributed by atoms with Crippen molar-refractivity contribution in [3.8, 4) is 5.75 Å². The van der Waals surface area contributed by atoms with Gasteiger partial charge in [0.15, 0.2) is 15.0 Å². The number of methoxy groups -OCH3 is 1. The van der Waals surface area contributed by atoms with Gasteiger partial charge in [-0.1, -0.05) is 54.2 Å². The fourth-order valence-corrected chi connectivity index (χ4v) is 7.52. The Hall–Kier alpha value is -2.32. The number of hydrogen-bond donors (Lipinski definition) is 0. The Kier molecular flexibility index (Phi) is 5.16. The number of amidine groups is 1. The molecule has 0 bridgehead atoms. The molecule has 2 atom stereocenters. The highest BCUT2D eigenvalue weighted by molar-refractivity contribution is 8.16. The van der Waals surface area contributed by atoms with Gasteiger partial charge in [-0.15, -0.1) is 0 Å². The van der Waals surface area contributed by atoms with E-state index in [0.717, 1.165) is 11.3 Å². The fourth-order valence-electron chi connectivity index (χ4n) is 3.59. The van der Waals surface area contributed by atoms with E-state index < -0.39 is 9.84 Å². The van der Waals surface area contributed by atoms with Gasteiger partial charge in [0, 0.05) is 5.25 Å². The molecule has 2 aliphatic rings. The third-order valence-corrected chi connectivity index (χ3v) is 8.04. The lowest BCUT2D eigenvalue weighted by molar-refractivity contribution is -0.117. The van der Waals surface area contributed by atoms with Crippen LogP contribution in [-0.4, -0.2) is 49.4 Å². The molecule has 2 aliphatic heterocycles. The molecule has 2 saturated heterocycles. The van der Waals surface area contributed by atoms with Crippen LogP contribution in [0.4, 0.5) is 5.69 Å². The number of amides is 1. The van der Waals surface area contributed by atoms with Crippen molar-refractivity contribution >= 4 is 38.4 Å². The molecule has 2 heterocycles. The van der Waals surface area contributed by atoms with Crippen molar-refractivity contribution in [2.24, 2.45) is 4.99 Å². The van der Waals surface area contributed by atoms with E-state index in [1.165, 1.54) is 11.8 Å². The highest BCUT2D eigenvalue weighted by atomic mass is 32.2. The summed E-state index contributed by atoms with van der Waals surface area (Å²) in [5, 5.41) is 0.397. The van der Waals surface area contributed by atoms with E-state index in [-0.39, 0.29) is 35.1 Å². The van der Waals surface area contributed by atoms with E-state index >= 15 is 0 Å². The van der Waals surface area contributed by atoms with Crippen molar-refractivity contribution in [3.05, 3.63) is 60.2 Å². The largest absolute Gasteiger partial charge is 0.495 e. The summed E-state index contributed by atoms with van der Waals surface area (Å²) in [6.07, 6.45) is 0.207. The van der Waals surface area contributed by atoms with Crippen molar-refractivity contribution in [3.63, 3.8) is 0 Å². The van der Waals surface area contributed by atoms with Gasteiger partial charge < -0.3 is 9.64 Å². The van der Waals surface area contributed by atoms with Crippen LogP contribution in [0.1, 0.15) is 5.56 Å². The van der Waals surface area contributed by atoms with Crippen molar-refractivity contribution in [1.82, 2.24) is 0 Å². The summed E-state index contributed by atoms with van der Waals surface area (Å²) < 4.78 is 29.8. The van der Waals surface area contributed by atoms with E-state index in [9.17, 15) is 13.2 Å². The number of benzene rings is 2. The minimum absolute atomic E-state index is 0.0502. The normalized spacial score (nSPS) is 24.3. The zero-order valence-corrected chi connectivity index (χ0v) is 16.9. The number of aliphatic imine (C=N–C) groups is 1. The van der Waals surface area contributed by atoms with Crippen molar-refractivity contribution < 1.29 is 17.9 Å². The first kappa shape index (κ1) is 19.0. The van der Waals surface area contributed by atoms with Crippen LogP contribution in [0.3, 0.4) is 0 Å². The summed E-state index contributed by atoms with van der Waals surface area (Å²) in [5.74, 6) is 0.516.